The number of nitrogens with zero attached hydrogens (tertiary/aromatic N) is 1. The summed E-state index contributed by atoms with van der Waals surface area (Å²) >= 11 is 1.45. The summed E-state index contributed by atoms with van der Waals surface area (Å²) in [6.45, 7) is 5.67. The number of amides is 3. The van der Waals surface area contributed by atoms with Crippen molar-refractivity contribution in [2.45, 2.75) is 58.2 Å². The maximum Gasteiger partial charge on any atom is 0.313 e. The van der Waals surface area contributed by atoms with Gasteiger partial charge in [0.05, 0.1) is 12.8 Å². The highest BCUT2D eigenvalue weighted by atomic mass is 32.1. The number of carbonyl (C=O) groups is 3. The van der Waals surface area contributed by atoms with E-state index in [1.807, 2.05) is 56.5 Å². The molecule has 0 radical (unpaired) electrons. The molecule has 0 saturated heterocycles. The van der Waals surface area contributed by atoms with Crippen molar-refractivity contribution in [2.75, 3.05) is 5.32 Å². The minimum absolute atomic E-state index is 0.0943. The van der Waals surface area contributed by atoms with Crippen molar-refractivity contribution in [2.24, 2.45) is 0 Å². The van der Waals surface area contributed by atoms with Crippen LogP contribution in [0.25, 0.3) is 0 Å². The van der Waals surface area contributed by atoms with Crippen LogP contribution in [-0.4, -0.2) is 28.2 Å². The lowest BCUT2D eigenvalue weighted by Gasteiger charge is -2.31. The molecule has 0 unspecified atom stereocenters. The predicted octanol–water partition coefficient (Wildman–Crippen LogP) is 4.45. The van der Waals surface area contributed by atoms with Crippen molar-refractivity contribution in [1.82, 2.24) is 10.2 Å². The second-order valence-electron chi connectivity index (χ2n) is 9.46. The van der Waals surface area contributed by atoms with Gasteiger partial charge >= 0.3 is 11.8 Å². The molecule has 2 aromatic heterocycles. The van der Waals surface area contributed by atoms with Crippen molar-refractivity contribution in [3.63, 3.8) is 0 Å². The number of thiophene rings is 1. The third-order valence-electron chi connectivity index (χ3n) is 5.59. The zero-order chi connectivity index (χ0) is 24.3. The summed E-state index contributed by atoms with van der Waals surface area (Å²) in [7, 11) is 0. The highest BCUT2D eigenvalue weighted by Gasteiger charge is 2.38. The van der Waals surface area contributed by atoms with Gasteiger partial charge in [0.25, 0.3) is 5.91 Å². The first-order valence-corrected chi connectivity index (χ1v) is 12.2. The van der Waals surface area contributed by atoms with Crippen LogP contribution >= 0.6 is 11.3 Å². The van der Waals surface area contributed by atoms with Crippen molar-refractivity contribution >= 4 is 34.7 Å². The molecule has 0 saturated carbocycles. The number of fused-ring (bicyclic) bond motifs is 1. The van der Waals surface area contributed by atoms with Gasteiger partial charge in [0.1, 0.15) is 5.76 Å². The van der Waals surface area contributed by atoms with E-state index < -0.39 is 29.3 Å². The van der Waals surface area contributed by atoms with E-state index in [1.165, 1.54) is 33.6 Å². The molecule has 34 heavy (non-hydrogen) atoms. The lowest BCUT2D eigenvalue weighted by molar-refractivity contribution is -0.149. The normalized spacial score (nSPS) is 13.7. The molecule has 1 aromatic carbocycles. The number of benzene rings is 1. The van der Waals surface area contributed by atoms with E-state index in [1.54, 1.807) is 12.1 Å². The van der Waals surface area contributed by atoms with Crippen LogP contribution in [0.15, 0.2) is 58.5 Å². The number of aryl methyl sites for hydroxylation is 2. The Labute approximate surface area is 203 Å². The fourth-order valence-corrected chi connectivity index (χ4v) is 4.83. The van der Waals surface area contributed by atoms with Crippen LogP contribution in [0.5, 0.6) is 0 Å². The van der Waals surface area contributed by atoms with E-state index in [2.05, 4.69) is 10.6 Å². The van der Waals surface area contributed by atoms with Gasteiger partial charge in [-0.1, -0.05) is 12.1 Å². The zero-order valence-corrected chi connectivity index (χ0v) is 20.4. The van der Waals surface area contributed by atoms with E-state index in [0.717, 1.165) is 24.1 Å². The first kappa shape index (κ1) is 23.8. The van der Waals surface area contributed by atoms with Crippen LogP contribution in [0.4, 0.5) is 5.69 Å². The molecule has 4 rings (SSSR count). The predicted molar refractivity (Wildman–Crippen MR) is 131 cm³/mol. The van der Waals surface area contributed by atoms with Crippen molar-refractivity contribution in [3.05, 3.63) is 75.9 Å². The van der Waals surface area contributed by atoms with Gasteiger partial charge in [-0.25, -0.2) is 0 Å². The Kier molecular flexibility index (Phi) is 6.88. The van der Waals surface area contributed by atoms with Gasteiger partial charge in [0.2, 0.25) is 0 Å². The molecule has 2 heterocycles. The fraction of sp³-hybridized carbons (Fsp3) is 0.346. The van der Waals surface area contributed by atoms with Gasteiger partial charge in [-0.2, -0.15) is 0 Å². The molecule has 3 amide bonds. The molecule has 0 bridgehead atoms. The van der Waals surface area contributed by atoms with E-state index in [-0.39, 0.29) is 12.3 Å². The van der Waals surface area contributed by atoms with Crippen LogP contribution in [0.1, 0.15) is 55.0 Å². The second-order valence-corrected chi connectivity index (χ2v) is 10.5. The monoisotopic (exact) mass is 479 g/mol. The highest BCUT2D eigenvalue weighted by molar-refractivity contribution is 7.09. The van der Waals surface area contributed by atoms with Gasteiger partial charge in [-0.05, 0) is 86.9 Å². The first-order chi connectivity index (χ1) is 16.2. The van der Waals surface area contributed by atoms with Crippen LogP contribution in [0.3, 0.4) is 0 Å². The molecule has 1 aliphatic rings. The van der Waals surface area contributed by atoms with Crippen LogP contribution in [0.2, 0.25) is 0 Å². The SMILES string of the molecule is CC(C)(C)NC(=O)[C@@H](c1ccco1)N(Cc1cccs1)C(=O)C(=O)Nc1ccc2c(c1)CCC2. The van der Waals surface area contributed by atoms with E-state index in [4.69, 9.17) is 4.42 Å². The quantitative estimate of drug-likeness (QED) is 0.511. The third kappa shape index (κ3) is 5.56. The van der Waals surface area contributed by atoms with Gasteiger partial charge in [0.15, 0.2) is 6.04 Å². The third-order valence-corrected chi connectivity index (χ3v) is 6.45. The molecule has 2 N–H and O–H groups in total. The van der Waals surface area contributed by atoms with Crippen molar-refractivity contribution < 1.29 is 18.8 Å². The van der Waals surface area contributed by atoms with Gasteiger partial charge < -0.3 is 20.0 Å². The second kappa shape index (κ2) is 9.85. The largest absolute Gasteiger partial charge is 0.467 e. The van der Waals surface area contributed by atoms with Gasteiger partial charge in [-0.3, -0.25) is 14.4 Å². The maximum absolute atomic E-state index is 13.5. The molecule has 1 atom stereocenters. The summed E-state index contributed by atoms with van der Waals surface area (Å²) in [4.78, 5) is 42.1. The molecule has 0 fully saturated rings. The molecule has 7 nitrogen and oxygen atoms in total. The summed E-state index contributed by atoms with van der Waals surface area (Å²) in [6, 6.07) is 11.7. The number of carbonyl (C=O) groups excluding carboxylic acids is 3. The smallest absolute Gasteiger partial charge is 0.313 e. The Balaban J connectivity index is 1.63. The van der Waals surface area contributed by atoms with Crippen LogP contribution in [0, 0.1) is 0 Å². The average molecular weight is 480 g/mol. The Bertz CT molecular complexity index is 1160. The molecule has 3 aromatic rings. The zero-order valence-electron chi connectivity index (χ0n) is 19.6. The Morgan fingerprint density at radius 1 is 1.09 bits per heavy atom. The number of anilines is 1. The summed E-state index contributed by atoms with van der Waals surface area (Å²) < 4.78 is 5.55. The summed E-state index contributed by atoms with van der Waals surface area (Å²) in [6.07, 6.45) is 4.54. The Morgan fingerprint density at radius 3 is 2.56 bits per heavy atom. The summed E-state index contributed by atoms with van der Waals surface area (Å²) in [5, 5.41) is 7.54. The molecule has 1 aliphatic carbocycles. The number of furan rings is 1. The minimum atomic E-state index is -1.10. The summed E-state index contributed by atoms with van der Waals surface area (Å²) in [5.41, 5.74) is 2.51. The number of nitrogens with one attached hydrogen (secondary N) is 2. The van der Waals surface area contributed by atoms with E-state index in [9.17, 15) is 14.4 Å². The first-order valence-electron chi connectivity index (χ1n) is 11.3. The Morgan fingerprint density at radius 2 is 1.88 bits per heavy atom. The summed E-state index contributed by atoms with van der Waals surface area (Å²) in [5.74, 6) is -1.73. The maximum atomic E-state index is 13.5. The fourth-order valence-electron chi connectivity index (χ4n) is 4.12. The van der Waals surface area contributed by atoms with Crippen LogP contribution in [-0.2, 0) is 33.8 Å². The molecular formula is C26H29N3O4S. The number of rotatable bonds is 6. The van der Waals surface area contributed by atoms with Crippen molar-refractivity contribution in [3.8, 4) is 0 Å². The van der Waals surface area contributed by atoms with Gasteiger partial charge in [0, 0.05) is 16.1 Å². The Hall–Kier alpha value is -3.39. The van der Waals surface area contributed by atoms with E-state index in [0.29, 0.717) is 5.69 Å². The number of hydrogen-bond acceptors (Lipinski definition) is 5. The number of hydrogen-bond donors (Lipinski definition) is 2. The lowest BCUT2D eigenvalue weighted by atomic mass is 10.1. The van der Waals surface area contributed by atoms with E-state index >= 15 is 0 Å². The van der Waals surface area contributed by atoms with Crippen molar-refractivity contribution in [1.29, 1.82) is 0 Å². The highest BCUT2D eigenvalue weighted by Crippen LogP contribution is 2.28. The molecule has 8 heteroatoms. The molecule has 0 aliphatic heterocycles. The lowest BCUT2D eigenvalue weighted by Crippen LogP contribution is -2.50. The molecule has 0 spiro atoms. The molecule has 178 valence electrons. The van der Waals surface area contributed by atoms with Gasteiger partial charge in [-0.15, -0.1) is 11.3 Å². The minimum Gasteiger partial charge on any atom is -0.467 e. The topological polar surface area (TPSA) is 91.7 Å². The molecular weight excluding hydrogens is 450 g/mol. The average Bonchev–Trinajstić information content (AvgIpc) is 3.54. The standard InChI is InChI=1S/C26H29N3O4S/c1-26(2,3)28-23(30)22(21-10-5-13-33-21)29(16-20-9-6-14-34-20)25(32)24(31)27-19-12-11-17-7-4-8-18(17)15-19/h5-6,9-15,22H,4,7-8,16H2,1-3H3,(H,27,31)(H,28,30)/t22-/m1/s1. The van der Waals surface area contributed by atoms with Crippen LogP contribution < -0.4 is 10.6 Å².